The Kier molecular flexibility index (Phi) is 7.20. The summed E-state index contributed by atoms with van der Waals surface area (Å²) in [6.07, 6.45) is 0.682. The van der Waals surface area contributed by atoms with E-state index in [1.807, 2.05) is 30.3 Å². The summed E-state index contributed by atoms with van der Waals surface area (Å²) in [5, 5.41) is 3.02. The molecule has 0 atom stereocenters. The predicted molar refractivity (Wildman–Crippen MR) is 104 cm³/mol. The van der Waals surface area contributed by atoms with Crippen LogP contribution in [-0.2, 0) is 16.4 Å². The van der Waals surface area contributed by atoms with Crippen LogP contribution in [0.1, 0.15) is 29.8 Å². The van der Waals surface area contributed by atoms with Gasteiger partial charge < -0.3 is 5.32 Å². The molecule has 0 aliphatic heterocycles. The molecule has 0 aliphatic carbocycles. The minimum atomic E-state index is -3.64. The third kappa shape index (κ3) is 4.84. The third-order valence-electron chi connectivity index (χ3n) is 4.07. The third-order valence-corrected chi connectivity index (χ3v) is 6.44. The van der Waals surface area contributed by atoms with Crippen LogP contribution in [0.5, 0.6) is 0 Å². The molecule has 2 aromatic carbocycles. The first-order valence-corrected chi connectivity index (χ1v) is 10.3. The van der Waals surface area contributed by atoms with Gasteiger partial charge in [0.2, 0.25) is 10.0 Å². The Balaban J connectivity index is 2.14. The van der Waals surface area contributed by atoms with Crippen molar-refractivity contribution in [3.63, 3.8) is 0 Å². The van der Waals surface area contributed by atoms with Crippen molar-refractivity contribution in [2.75, 3.05) is 19.6 Å². The smallest absolute Gasteiger partial charge is 0.252 e. The minimum absolute atomic E-state index is 0.0683. The second-order valence-electron chi connectivity index (χ2n) is 5.72. The van der Waals surface area contributed by atoms with Crippen molar-refractivity contribution in [3.05, 3.63) is 64.7 Å². The lowest BCUT2D eigenvalue weighted by Crippen LogP contribution is -2.31. The lowest BCUT2D eigenvalue weighted by molar-refractivity contribution is 0.0954. The van der Waals surface area contributed by atoms with Gasteiger partial charge >= 0.3 is 0 Å². The number of halogens is 1. The molecule has 0 saturated heterocycles. The SMILES string of the molecule is CCN(CC)S(=O)(=O)c1ccc(Cl)c(C(=O)NCCc2ccccc2)c1. The number of benzene rings is 2. The average molecular weight is 395 g/mol. The van der Waals surface area contributed by atoms with Gasteiger partial charge in [-0.1, -0.05) is 55.8 Å². The zero-order chi connectivity index (χ0) is 19.2. The maximum Gasteiger partial charge on any atom is 0.252 e. The van der Waals surface area contributed by atoms with E-state index in [4.69, 9.17) is 11.6 Å². The van der Waals surface area contributed by atoms with Gasteiger partial charge in [-0.25, -0.2) is 8.42 Å². The number of hydrogen-bond acceptors (Lipinski definition) is 3. The molecular weight excluding hydrogens is 372 g/mol. The number of carbonyl (C=O) groups excluding carboxylic acids is 1. The van der Waals surface area contributed by atoms with E-state index in [9.17, 15) is 13.2 Å². The molecule has 0 fully saturated rings. The first-order valence-electron chi connectivity index (χ1n) is 8.52. The van der Waals surface area contributed by atoms with Crippen molar-refractivity contribution in [3.8, 4) is 0 Å². The minimum Gasteiger partial charge on any atom is -0.352 e. The van der Waals surface area contributed by atoms with Crippen molar-refractivity contribution < 1.29 is 13.2 Å². The van der Waals surface area contributed by atoms with Crippen LogP contribution in [0.4, 0.5) is 0 Å². The molecule has 0 heterocycles. The lowest BCUT2D eigenvalue weighted by atomic mass is 10.1. The first kappa shape index (κ1) is 20.4. The maximum atomic E-state index is 12.6. The molecule has 0 bridgehead atoms. The van der Waals surface area contributed by atoms with Gasteiger partial charge in [0.15, 0.2) is 0 Å². The summed E-state index contributed by atoms with van der Waals surface area (Å²) < 4.78 is 26.6. The largest absolute Gasteiger partial charge is 0.352 e. The number of hydrogen-bond donors (Lipinski definition) is 1. The normalized spacial score (nSPS) is 11.5. The van der Waals surface area contributed by atoms with Crippen LogP contribution < -0.4 is 5.32 Å². The van der Waals surface area contributed by atoms with E-state index in [2.05, 4.69) is 5.32 Å². The fourth-order valence-corrected chi connectivity index (χ4v) is 4.30. The summed E-state index contributed by atoms with van der Waals surface area (Å²) in [6, 6.07) is 14.0. The topological polar surface area (TPSA) is 66.5 Å². The van der Waals surface area contributed by atoms with Crippen LogP contribution in [0.15, 0.2) is 53.4 Å². The fraction of sp³-hybridized carbons (Fsp3) is 0.316. The predicted octanol–water partition coefficient (Wildman–Crippen LogP) is 3.34. The Morgan fingerprint density at radius 3 is 2.35 bits per heavy atom. The van der Waals surface area contributed by atoms with E-state index in [0.717, 1.165) is 5.56 Å². The van der Waals surface area contributed by atoms with Gasteiger partial charge in [-0.05, 0) is 30.2 Å². The molecule has 2 aromatic rings. The molecule has 5 nitrogen and oxygen atoms in total. The Labute approximate surface area is 160 Å². The van der Waals surface area contributed by atoms with Crippen molar-refractivity contribution >= 4 is 27.5 Å². The Morgan fingerprint density at radius 2 is 1.73 bits per heavy atom. The van der Waals surface area contributed by atoms with Crippen LogP contribution >= 0.6 is 11.6 Å². The quantitative estimate of drug-likeness (QED) is 0.746. The van der Waals surface area contributed by atoms with Crippen molar-refractivity contribution in [2.45, 2.75) is 25.2 Å². The van der Waals surface area contributed by atoms with Crippen LogP contribution in [-0.4, -0.2) is 38.3 Å². The molecule has 1 N–H and O–H groups in total. The zero-order valence-corrected chi connectivity index (χ0v) is 16.5. The lowest BCUT2D eigenvalue weighted by Gasteiger charge is -2.19. The maximum absolute atomic E-state index is 12.6. The molecule has 26 heavy (non-hydrogen) atoms. The van der Waals surface area contributed by atoms with E-state index in [1.165, 1.54) is 22.5 Å². The van der Waals surface area contributed by atoms with Gasteiger partial charge in [0.1, 0.15) is 0 Å². The molecular formula is C19H23ClN2O3S. The van der Waals surface area contributed by atoms with Crippen molar-refractivity contribution in [1.29, 1.82) is 0 Å². The number of nitrogens with zero attached hydrogens (tertiary/aromatic N) is 1. The molecule has 0 spiro atoms. The van der Waals surface area contributed by atoms with Crippen molar-refractivity contribution in [2.24, 2.45) is 0 Å². The molecule has 0 aromatic heterocycles. The number of carbonyl (C=O) groups is 1. The highest BCUT2D eigenvalue weighted by molar-refractivity contribution is 7.89. The summed E-state index contributed by atoms with van der Waals surface area (Å²) in [6.45, 7) is 4.70. The van der Waals surface area contributed by atoms with Gasteiger partial charge in [-0.3, -0.25) is 4.79 Å². The summed E-state index contributed by atoms with van der Waals surface area (Å²) in [4.78, 5) is 12.5. The molecule has 2 rings (SSSR count). The van der Waals surface area contributed by atoms with Crippen LogP contribution in [0.25, 0.3) is 0 Å². The van der Waals surface area contributed by atoms with E-state index in [1.54, 1.807) is 13.8 Å². The Hall–Kier alpha value is -1.89. The monoisotopic (exact) mass is 394 g/mol. The fourth-order valence-electron chi connectivity index (χ4n) is 2.61. The highest BCUT2D eigenvalue weighted by atomic mass is 35.5. The second kappa shape index (κ2) is 9.16. The van der Waals surface area contributed by atoms with Crippen LogP contribution in [0, 0.1) is 0 Å². The van der Waals surface area contributed by atoms with E-state index in [0.29, 0.717) is 26.1 Å². The summed E-state index contributed by atoms with van der Waals surface area (Å²) >= 11 is 6.12. The molecule has 0 aliphatic rings. The van der Waals surface area contributed by atoms with Crippen molar-refractivity contribution in [1.82, 2.24) is 9.62 Å². The average Bonchev–Trinajstić information content (AvgIpc) is 2.63. The highest BCUT2D eigenvalue weighted by Gasteiger charge is 2.23. The number of amides is 1. The Morgan fingerprint density at radius 1 is 1.08 bits per heavy atom. The number of sulfonamides is 1. The van der Waals surface area contributed by atoms with Gasteiger partial charge in [-0.2, -0.15) is 4.31 Å². The highest BCUT2D eigenvalue weighted by Crippen LogP contribution is 2.23. The number of nitrogens with one attached hydrogen (secondary N) is 1. The van der Waals surface area contributed by atoms with Gasteiger partial charge in [0.05, 0.1) is 15.5 Å². The van der Waals surface area contributed by atoms with Gasteiger partial charge in [0, 0.05) is 19.6 Å². The number of rotatable bonds is 8. The van der Waals surface area contributed by atoms with Crippen LogP contribution in [0.3, 0.4) is 0 Å². The van der Waals surface area contributed by atoms with E-state index in [-0.39, 0.29) is 21.4 Å². The molecule has 7 heteroatoms. The van der Waals surface area contributed by atoms with Crippen LogP contribution in [0.2, 0.25) is 5.02 Å². The van der Waals surface area contributed by atoms with E-state index >= 15 is 0 Å². The Bertz CT molecular complexity index is 850. The molecule has 0 unspecified atom stereocenters. The summed E-state index contributed by atoms with van der Waals surface area (Å²) in [5.74, 6) is -0.387. The molecule has 0 saturated carbocycles. The van der Waals surface area contributed by atoms with Gasteiger partial charge in [-0.15, -0.1) is 0 Å². The molecule has 0 radical (unpaired) electrons. The summed E-state index contributed by atoms with van der Waals surface area (Å²) in [5.41, 5.74) is 1.27. The first-order chi connectivity index (χ1) is 12.4. The molecule has 140 valence electrons. The zero-order valence-electron chi connectivity index (χ0n) is 14.9. The van der Waals surface area contributed by atoms with E-state index < -0.39 is 10.0 Å². The molecule has 1 amide bonds. The standard InChI is InChI=1S/C19H23ClN2O3S/c1-3-22(4-2)26(24,25)16-10-11-18(20)17(14-16)19(23)21-13-12-15-8-6-5-7-9-15/h5-11,14H,3-4,12-13H2,1-2H3,(H,21,23). The van der Waals surface area contributed by atoms with Gasteiger partial charge in [0.25, 0.3) is 5.91 Å². The second-order valence-corrected chi connectivity index (χ2v) is 8.07. The summed E-state index contributed by atoms with van der Waals surface area (Å²) in [7, 11) is -3.64.